The van der Waals surface area contributed by atoms with Crippen LogP contribution in [0.5, 0.6) is 0 Å². The molecule has 1 N–H and O–H groups in total. The zero-order valence-electron chi connectivity index (χ0n) is 9.53. The van der Waals surface area contributed by atoms with Crippen LogP contribution in [-0.2, 0) is 9.53 Å². The van der Waals surface area contributed by atoms with E-state index in [9.17, 15) is 4.79 Å². The van der Waals surface area contributed by atoms with Crippen molar-refractivity contribution in [2.45, 2.75) is 19.4 Å². The van der Waals surface area contributed by atoms with Crippen LogP contribution in [0.4, 0.5) is 0 Å². The molecule has 0 aromatic rings. The highest BCUT2D eigenvalue weighted by Crippen LogP contribution is 2.22. The highest BCUT2D eigenvalue weighted by atomic mass is 16.5. The van der Waals surface area contributed by atoms with Crippen molar-refractivity contribution in [3.05, 3.63) is 0 Å². The Hall–Kier alpha value is -0.610. The summed E-state index contributed by atoms with van der Waals surface area (Å²) < 4.78 is 5.27. The maximum atomic E-state index is 12.1. The molecule has 3 atom stereocenters. The standard InChI is InChI=1S/C11H20N2O2/c1-8-5-12-6-10(8)11(14)13-4-3-9(7-13)15-2/h8-10,12H,3-7H2,1-2H3/t8-,9?,10-/m1/s1. The monoisotopic (exact) mass is 212 g/mol. The topological polar surface area (TPSA) is 41.6 Å². The number of methoxy groups -OCH3 is 1. The van der Waals surface area contributed by atoms with Gasteiger partial charge in [0.2, 0.25) is 5.91 Å². The molecule has 1 amide bonds. The molecule has 0 aromatic carbocycles. The van der Waals surface area contributed by atoms with Gasteiger partial charge in [0.25, 0.3) is 0 Å². The molecule has 2 aliphatic heterocycles. The summed E-state index contributed by atoms with van der Waals surface area (Å²) in [6.45, 7) is 5.59. The normalized spacial score (nSPS) is 36.1. The molecule has 0 aromatic heterocycles. The predicted molar refractivity (Wildman–Crippen MR) is 57.5 cm³/mol. The lowest BCUT2D eigenvalue weighted by Crippen LogP contribution is -2.37. The van der Waals surface area contributed by atoms with Gasteiger partial charge < -0.3 is 15.0 Å². The Kier molecular flexibility index (Phi) is 3.26. The number of likely N-dealkylation sites (tertiary alicyclic amines) is 1. The Balaban J connectivity index is 1.91. The van der Waals surface area contributed by atoms with E-state index in [4.69, 9.17) is 4.74 Å². The number of nitrogens with zero attached hydrogens (tertiary/aromatic N) is 1. The van der Waals surface area contributed by atoms with Gasteiger partial charge >= 0.3 is 0 Å². The Morgan fingerprint density at radius 3 is 2.80 bits per heavy atom. The minimum absolute atomic E-state index is 0.181. The third kappa shape index (κ3) is 2.16. The number of nitrogens with one attached hydrogen (secondary N) is 1. The Bertz CT molecular complexity index is 245. The van der Waals surface area contributed by atoms with Gasteiger partial charge in [0, 0.05) is 26.7 Å². The molecular formula is C11H20N2O2. The van der Waals surface area contributed by atoms with Gasteiger partial charge in [0.15, 0.2) is 0 Å². The second-order valence-electron chi connectivity index (χ2n) is 4.67. The maximum Gasteiger partial charge on any atom is 0.227 e. The molecule has 2 saturated heterocycles. The number of ether oxygens (including phenoxy) is 1. The van der Waals surface area contributed by atoms with Crippen molar-refractivity contribution in [3.8, 4) is 0 Å². The van der Waals surface area contributed by atoms with Crippen LogP contribution in [0.1, 0.15) is 13.3 Å². The van der Waals surface area contributed by atoms with Gasteiger partial charge in [-0.1, -0.05) is 6.92 Å². The van der Waals surface area contributed by atoms with E-state index >= 15 is 0 Å². The SMILES string of the molecule is COC1CCN(C(=O)[C@@H]2CNC[C@H]2C)C1. The smallest absolute Gasteiger partial charge is 0.227 e. The molecule has 2 rings (SSSR count). The molecule has 15 heavy (non-hydrogen) atoms. The van der Waals surface area contributed by atoms with Crippen molar-refractivity contribution >= 4 is 5.91 Å². The molecule has 0 bridgehead atoms. The predicted octanol–water partition coefficient (Wildman–Crippen LogP) is 0.0892. The fraction of sp³-hybridized carbons (Fsp3) is 0.909. The van der Waals surface area contributed by atoms with Gasteiger partial charge in [0.1, 0.15) is 0 Å². The molecule has 0 radical (unpaired) electrons. The quantitative estimate of drug-likeness (QED) is 0.705. The fourth-order valence-electron chi connectivity index (χ4n) is 2.50. The lowest BCUT2D eigenvalue weighted by molar-refractivity contribution is -0.135. The van der Waals surface area contributed by atoms with Crippen LogP contribution in [-0.4, -0.2) is 50.2 Å². The van der Waals surface area contributed by atoms with Crippen molar-refractivity contribution in [2.75, 3.05) is 33.3 Å². The first-order valence-corrected chi connectivity index (χ1v) is 5.74. The number of hydrogen-bond acceptors (Lipinski definition) is 3. The van der Waals surface area contributed by atoms with Crippen LogP contribution in [0.2, 0.25) is 0 Å². The van der Waals surface area contributed by atoms with E-state index in [0.29, 0.717) is 11.8 Å². The first-order chi connectivity index (χ1) is 7.22. The third-order valence-corrected chi connectivity index (χ3v) is 3.62. The van der Waals surface area contributed by atoms with Crippen molar-refractivity contribution in [3.63, 3.8) is 0 Å². The lowest BCUT2D eigenvalue weighted by atomic mass is 9.97. The summed E-state index contributed by atoms with van der Waals surface area (Å²) in [5, 5.41) is 3.27. The van der Waals surface area contributed by atoms with Gasteiger partial charge in [-0.25, -0.2) is 0 Å². The van der Waals surface area contributed by atoms with E-state index in [1.807, 2.05) is 4.90 Å². The Morgan fingerprint density at radius 1 is 1.47 bits per heavy atom. The van der Waals surface area contributed by atoms with Gasteiger partial charge in [-0.2, -0.15) is 0 Å². The molecular weight excluding hydrogens is 192 g/mol. The van der Waals surface area contributed by atoms with Gasteiger partial charge in [0.05, 0.1) is 12.0 Å². The van der Waals surface area contributed by atoms with E-state index in [0.717, 1.165) is 32.6 Å². The zero-order valence-corrected chi connectivity index (χ0v) is 9.53. The Morgan fingerprint density at radius 2 is 2.27 bits per heavy atom. The fourth-order valence-corrected chi connectivity index (χ4v) is 2.50. The molecule has 0 saturated carbocycles. The second-order valence-corrected chi connectivity index (χ2v) is 4.67. The average Bonchev–Trinajstić information content (AvgIpc) is 2.84. The van der Waals surface area contributed by atoms with E-state index < -0.39 is 0 Å². The van der Waals surface area contributed by atoms with Crippen LogP contribution >= 0.6 is 0 Å². The van der Waals surface area contributed by atoms with Crippen LogP contribution in [0, 0.1) is 11.8 Å². The zero-order chi connectivity index (χ0) is 10.8. The molecule has 1 unspecified atom stereocenters. The molecule has 2 fully saturated rings. The van der Waals surface area contributed by atoms with Crippen molar-refractivity contribution in [1.29, 1.82) is 0 Å². The summed E-state index contributed by atoms with van der Waals surface area (Å²) in [7, 11) is 1.72. The van der Waals surface area contributed by atoms with E-state index in [1.54, 1.807) is 7.11 Å². The van der Waals surface area contributed by atoms with E-state index in [-0.39, 0.29) is 12.0 Å². The van der Waals surface area contributed by atoms with E-state index in [1.165, 1.54) is 0 Å². The number of rotatable bonds is 2. The van der Waals surface area contributed by atoms with E-state index in [2.05, 4.69) is 12.2 Å². The largest absolute Gasteiger partial charge is 0.380 e. The number of hydrogen-bond donors (Lipinski definition) is 1. The average molecular weight is 212 g/mol. The third-order valence-electron chi connectivity index (χ3n) is 3.62. The summed E-state index contributed by atoms with van der Waals surface area (Å²) in [4.78, 5) is 14.1. The van der Waals surface area contributed by atoms with Crippen LogP contribution < -0.4 is 5.32 Å². The first-order valence-electron chi connectivity index (χ1n) is 5.74. The highest BCUT2D eigenvalue weighted by molar-refractivity contribution is 5.80. The summed E-state index contributed by atoms with van der Waals surface area (Å²) >= 11 is 0. The molecule has 2 heterocycles. The maximum absolute atomic E-state index is 12.1. The summed E-state index contributed by atoms with van der Waals surface area (Å²) in [6, 6.07) is 0. The summed E-state index contributed by atoms with van der Waals surface area (Å²) in [6.07, 6.45) is 1.23. The van der Waals surface area contributed by atoms with Gasteiger partial charge in [-0.3, -0.25) is 4.79 Å². The highest BCUT2D eigenvalue weighted by Gasteiger charge is 2.35. The van der Waals surface area contributed by atoms with Gasteiger partial charge in [-0.05, 0) is 18.9 Å². The first kappa shape index (κ1) is 10.9. The van der Waals surface area contributed by atoms with Crippen molar-refractivity contribution in [1.82, 2.24) is 10.2 Å². The molecule has 0 aliphatic carbocycles. The molecule has 4 nitrogen and oxygen atoms in total. The van der Waals surface area contributed by atoms with Crippen molar-refractivity contribution in [2.24, 2.45) is 11.8 Å². The lowest BCUT2D eigenvalue weighted by Gasteiger charge is -2.22. The van der Waals surface area contributed by atoms with Crippen LogP contribution in [0.3, 0.4) is 0 Å². The summed E-state index contributed by atoms with van der Waals surface area (Å²) in [5.74, 6) is 0.965. The molecule has 4 heteroatoms. The number of carbonyl (C=O) groups is 1. The Labute approximate surface area is 91.0 Å². The molecule has 0 spiro atoms. The van der Waals surface area contributed by atoms with Crippen LogP contribution in [0.25, 0.3) is 0 Å². The second kappa shape index (κ2) is 4.49. The van der Waals surface area contributed by atoms with Crippen molar-refractivity contribution < 1.29 is 9.53 Å². The van der Waals surface area contributed by atoms with Gasteiger partial charge in [-0.15, -0.1) is 0 Å². The minimum Gasteiger partial charge on any atom is -0.380 e. The molecule has 86 valence electrons. The summed E-state index contributed by atoms with van der Waals surface area (Å²) in [5.41, 5.74) is 0. The number of carbonyl (C=O) groups excluding carboxylic acids is 1. The van der Waals surface area contributed by atoms with Crippen LogP contribution in [0.15, 0.2) is 0 Å². The number of amides is 1. The molecule has 2 aliphatic rings. The minimum atomic E-state index is 0.181.